The van der Waals surface area contributed by atoms with Gasteiger partial charge in [0.2, 0.25) is 0 Å². The van der Waals surface area contributed by atoms with E-state index in [1.54, 1.807) is 29.5 Å². The molecular formula is C18H23N5O. The number of carbonyl (C=O) groups is 1. The molecule has 0 unspecified atom stereocenters. The van der Waals surface area contributed by atoms with E-state index in [1.807, 2.05) is 18.1 Å². The zero-order valence-electron chi connectivity index (χ0n) is 14.0. The van der Waals surface area contributed by atoms with Crippen LogP contribution >= 0.6 is 0 Å². The predicted octanol–water partition coefficient (Wildman–Crippen LogP) is 1.94. The van der Waals surface area contributed by atoms with Gasteiger partial charge < -0.3 is 4.90 Å². The first kappa shape index (κ1) is 15.3. The van der Waals surface area contributed by atoms with E-state index in [4.69, 9.17) is 0 Å². The smallest absolute Gasteiger partial charge is 0.257 e. The van der Waals surface area contributed by atoms with Crippen LogP contribution in [0.2, 0.25) is 0 Å². The number of aromatic nitrogens is 4. The number of likely N-dealkylation sites (tertiary alicyclic amines) is 1. The molecule has 0 aromatic carbocycles. The van der Waals surface area contributed by atoms with Gasteiger partial charge in [-0.1, -0.05) is 6.42 Å². The van der Waals surface area contributed by atoms with Crippen LogP contribution in [0.3, 0.4) is 0 Å². The molecule has 3 atom stereocenters. The van der Waals surface area contributed by atoms with Gasteiger partial charge in [-0.25, -0.2) is 0 Å². The number of hydrogen-bond donors (Lipinski definition) is 0. The highest BCUT2D eigenvalue weighted by atomic mass is 16.2. The topological polar surface area (TPSA) is 63.9 Å². The van der Waals surface area contributed by atoms with Crippen LogP contribution in [-0.2, 0) is 13.5 Å². The summed E-state index contributed by atoms with van der Waals surface area (Å²) < 4.78 is 1.69. The summed E-state index contributed by atoms with van der Waals surface area (Å²) in [5, 5.41) is 4.12. The molecule has 2 aromatic heterocycles. The standard InChI is InChI=1S/C18H23N5O/c1-22-10-15(8-21-22)18(24)23-11-14-4-2-3-13(17(14)12-23)7-16-9-19-5-6-20-16/h5-6,8-10,13-14,17H,2-4,7,11-12H2,1H3/t13-,14-,17-/m1/s1. The van der Waals surface area contributed by atoms with Crippen molar-refractivity contribution in [3.8, 4) is 0 Å². The quantitative estimate of drug-likeness (QED) is 0.865. The average Bonchev–Trinajstić information content (AvgIpc) is 3.22. The molecule has 6 heteroatoms. The Hall–Kier alpha value is -2.24. The van der Waals surface area contributed by atoms with Gasteiger partial charge in [0.1, 0.15) is 0 Å². The molecule has 0 spiro atoms. The third-order valence-electron chi connectivity index (χ3n) is 5.57. The summed E-state index contributed by atoms with van der Waals surface area (Å²) in [7, 11) is 1.84. The highest BCUT2D eigenvalue weighted by Gasteiger charge is 2.42. The number of amides is 1. The van der Waals surface area contributed by atoms with E-state index in [2.05, 4.69) is 15.1 Å². The molecule has 1 amide bonds. The molecule has 0 N–H and O–H groups in total. The summed E-state index contributed by atoms with van der Waals surface area (Å²) in [6.45, 7) is 1.75. The Labute approximate surface area is 141 Å². The number of hydrogen-bond acceptors (Lipinski definition) is 4. The van der Waals surface area contributed by atoms with E-state index >= 15 is 0 Å². The first-order valence-electron chi connectivity index (χ1n) is 8.73. The minimum Gasteiger partial charge on any atom is -0.338 e. The lowest BCUT2D eigenvalue weighted by Gasteiger charge is -2.32. The Morgan fingerprint density at radius 3 is 2.92 bits per heavy atom. The average molecular weight is 325 g/mol. The molecule has 1 saturated heterocycles. The number of rotatable bonds is 3. The number of nitrogens with zero attached hydrogens (tertiary/aromatic N) is 5. The van der Waals surface area contributed by atoms with Crippen molar-refractivity contribution in [3.05, 3.63) is 42.2 Å². The van der Waals surface area contributed by atoms with Gasteiger partial charge in [-0.3, -0.25) is 19.4 Å². The summed E-state index contributed by atoms with van der Waals surface area (Å²) in [6.07, 6.45) is 13.5. The summed E-state index contributed by atoms with van der Waals surface area (Å²) in [5.41, 5.74) is 1.77. The van der Waals surface area contributed by atoms with E-state index < -0.39 is 0 Å². The van der Waals surface area contributed by atoms with Crippen molar-refractivity contribution >= 4 is 5.91 Å². The highest BCUT2D eigenvalue weighted by molar-refractivity contribution is 5.93. The fraction of sp³-hybridized carbons (Fsp3) is 0.556. The van der Waals surface area contributed by atoms with Crippen molar-refractivity contribution in [1.29, 1.82) is 0 Å². The van der Waals surface area contributed by atoms with Gasteiger partial charge in [-0.2, -0.15) is 5.10 Å². The molecule has 3 heterocycles. The number of carbonyl (C=O) groups excluding carboxylic acids is 1. The van der Waals surface area contributed by atoms with E-state index in [0.717, 1.165) is 25.2 Å². The molecule has 6 nitrogen and oxygen atoms in total. The third-order valence-corrected chi connectivity index (χ3v) is 5.57. The number of fused-ring (bicyclic) bond motifs is 1. The van der Waals surface area contributed by atoms with Gasteiger partial charge in [0.25, 0.3) is 5.91 Å². The lowest BCUT2D eigenvalue weighted by molar-refractivity contribution is 0.0781. The summed E-state index contributed by atoms with van der Waals surface area (Å²) in [4.78, 5) is 23.4. The van der Waals surface area contributed by atoms with Gasteiger partial charge in [0.05, 0.1) is 17.5 Å². The van der Waals surface area contributed by atoms with Crippen LogP contribution in [0.4, 0.5) is 0 Å². The lowest BCUT2D eigenvalue weighted by atomic mass is 9.72. The van der Waals surface area contributed by atoms with Crippen LogP contribution in [0.1, 0.15) is 35.3 Å². The molecule has 2 aromatic rings. The van der Waals surface area contributed by atoms with Crippen molar-refractivity contribution in [2.45, 2.75) is 25.7 Å². The Bertz CT molecular complexity index is 713. The first-order valence-corrected chi connectivity index (χ1v) is 8.73. The van der Waals surface area contributed by atoms with Gasteiger partial charge in [0.15, 0.2) is 0 Å². The Morgan fingerprint density at radius 1 is 1.25 bits per heavy atom. The second kappa shape index (κ2) is 6.34. The fourth-order valence-corrected chi connectivity index (χ4v) is 4.43. The highest BCUT2D eigenvalue weighted by Crippen LogP contribution is 2.41. The van der Waals surface area contributed by atoms with Gasteiger partial charge in [-0.05, 0) is 37.0 Å². The molecule has 126 valence electrons. The van der Waals surface area contributed by atoms with Crippen molar-refractivity contribution in [2.75, 3.05) is 13.1 Å². The molecule has 0 radical (unpaired) electrons. The third kappa shape index (κ3) is 2.92. The molecule has 2 fully saturated rings. The van der Waals surface area contributed by atoms with E-state index in [9.17, 15) is 4.79 Å². The molecule has 1 aliphatic heterocycles. The molecule has 4 rings (SSSR count). The summed E-state index contributed by atoms with van der Waals surface area (Å²) in [5.74, 6) is 1.94. The maximum absolute atomic E-state index is 12.7. The minimum atomic E-state index is 0.121. The van der Waals surface area contributed by atoms with Crippen LogP contribution in [0.15, 0.2) is 31.0 Å². The Balaban J connectivity index is 1.47. The van der Waals surface area contributed by atoms with E-state index in [0.29, 0.717) is 23.3 Å². The largest absolute Gasteiger partial charge is 0.338 e. The van der Waals surface area contributed by atoms with E-state index in [1.165, 1.54) is 19.3 Å². The Kier molecular flexibility index (Phi) is 4.04. The lowest BCUT2D eigenvalue weighted by Crippen LogP contribution is -2.30. The van der Waals surface area contributed by atoms with Crippen molar-refractivity contribution in [1.82, 2.24) is 24.6 Å². The SMILES string of the molecule is Cn1cc(C(=O)N2C[C@H]3CCC[C@H](Cc4cnccn4)[C@H]3C2)cn1. The van der Waals surface area contributed by atoms with Gasteiger partial charge >= 0.3 is 0 Å². The molecule has 1 saturated carbocycles. The molecular weight excluding hydrogens is 302 g/mol. The predicted molar refractivity (Wildman–Crippen MR) is 89.2 cm³/mol. The van der Waals surface area contributed by atoms with Crippen LogP contribution in [-0.4, -0.2) is 43.6 Å². The number of aryl methyl sites for hydroxylation is 1. The maximum atomic E-state index is 12.7. The van der Waals surface area contributed by atoms with Crippen LogP contribution < -0.4 is 0 Å². The van der Waals surface area contributed by atoms with Crippen molar-refractivity contribution in [2.24, 2.45) is 24.8 Å². The van der Waals surface area contributed by atoms with Gasteiger partial charge in [0, 0.05) is 44.9 Å². The monoisotopic (exact) mass is 325 g/mol. The van der Waals surface area contributed by atoms with Crippen LogP contribution in [0, 0.1) is 17.8 Å². The van der Waals surface area contributed by atoms with Crippen LogP contribution in [0.25, 0.3) is 0 Å². The molecule has 1 aliphatic carbocycles. The normalized spacial score (nSPS) is 26.4. The zero-order valence-corrected chi connectivity index (χ0v) is 14.0. The second-order valence-corrected chi connectivity index (χ2v) is 7.13. The second-order valence-electron chi connectivity index (χ2n) is 7.13. The minimum absolute atomic E-state index is 0.121. The van der Waals surface area contributed by atoms with Crippen LogP contribution in [0.5, 0.6) is 0 Å². The zero-order chi connectivity index (χ0) is 16.5. The van der Waals surface area contributed by atoms with Crippen molar-refractivity contribution in [3.63, 3.8) is 0 Å². The fourth-order valence-electron chi connectivity index (χ4n) is 4.43. The first-order chi connectivity index (χ1) is 11.7. The van der Waals surface area contributed by atoms with Crippen molar-refractivity contribution < 1.29 is 4.79 Å². The summed E-state index contributed by atoms with van der Waals surface area (Å²) >= 11 is 0. The van der Waals surface area contributed by atoms with E-state index in [-0.39, 0.29) is 5.91 Å². The molecule has 24 heavy (non-hydrogen) atoms. The van der Waals surface area contributed by atoms with Gasteiger partial charge in [-0.15, -0.1) is 0 Å². The molecule has 2 aliphatic rings. The maximum Gasteiger partial charge on any atom is 0.257 e. The Morgan fingerprint density at radius 2 is 2.17 bits per heavy atom. The summed E-state index contributed by atoms with van der Waals surface area (Å²) in [6, 6.07) is 0. The molecule has 0 bridgehead atoms.